The van der Waals surface area contributed by atoms with Crippen molar-refractivity contribution in [3.8, 4) is 11.4 Å². The van der Waals surface area contributed by atoms with E-state index in [2.05, 4.69) is 19.7 Å². The average molecular weight is 248 g/mol. The molecule has 0 aliphatic rings. The zero-order valence-electron chi connectivity index (χ0n) is 9.21. The second-order valence-electron chi connectivity index (χ2n) is 3.22. The number of nitrogens with two attached hydrogens (primary N) is 1. The summed E-state index contributed by atoms with van der Waals surface area (Å²) in [4.78, 5) is 23.0. The Morgan fingerprint density at radius 2 is 2.28 bits per heavy atom. The number of esters is 1. The number of nitrogens with zero attached hydrogens (tertiary/aromatic N) is 3. The van der Waals surface area contributed by atoms with Gasteiger partial charge < -0.3 is 4.74 Å². The third-order valence-corrected chi connectivity index (χ3v) is 2.06. The molecule has 0 aliphatic carbocycles. The predicted molar refractivity (Wildman–Crippen MR) is 59.7 cm³/mol. The van der Waals surface area contributed by atoms with E-state index in [0.717, 1.165) is 0 Å². The Kier molecular flexibility index (Phi) is 3.54. The van der Waals surface area contributed by atoms with Crippen LogP contribution in [0.4, 0.5) is 4.39 Å². The maximum Gasteiger partial charge on any atom is 0.359 e. The smallest absolute Gasteiger partial charge is 0.359 e. The van der Waals surface area contributed by atoms with Gasteiger partial charge in [0.25, 0.3) is 0 Å². The van der Waals surface area contributed by atoms with E-state index in [-0.39, 0.29) is 23.8 Å². The van der Waals surface area contributed by atoms with E-state index < -0.39 is 11.8 Å². The standard InChI is InChI=1S/C11H9FN4O2/c12-7-2-1-3-15-10(7)8-4-14-5-9(16-8)11(17)18-6-13/h1-5H,6,13H2. The lowest BCUT2D eigenvalue weighted by Gasteiger charge is -2.03. The maximum absolute atomic E-state index is 13.5. The normalized spacial score (nSPS) is 10.1. The van der Waals surface area contributed by atoms with E-state index in [1.807, 2.05) is 0 Å². The molecule has 7 heteroatoms. The highest BCUT2D eigenvalue weighted by Crippen LogP contribution is 2.16. The van der Waals surface area contributed by atoms with Gasteiger partial charge in [-0.15, -0.1) is 0 Å². The summed E-state index contributed by atoms with van der Waals surface area (Å²) >= 11 is 0. The summed E-state index contributed by atoms with van der Waals surface area (Å²) in [5, 5.41) is 0. The van der Waals surface area contributed by atoms with E-state index in [1.165, 1.54) is 30.7 Å². The summed E-state index contributed by atoms with van der Waals surface area (Å²) in [6.45, 7) is -0.261. The lowest BCUT2D eigenvalue weighted by molar-refractivity contribution is 0.0508. The zero-order valence-corrected chi connectivity index (χ0v) is 9.21. The first-order valence-electron chi connectivity index (χ1n) is 5.02. The minimum atomic E-state index is -0.719. The molecule has 0 spiro atoms. The van der Waals surface area contributed by atoms with Crippen LogP contribution in [-0.4, -0.2) is 27.7 Å². The molecule has 0 fully saturated rings. The summed E-state index contributed by atoms with van der Waals surface area (Å²) in [6.07, 6.45) is 3.94. The SMILES string of the molecule is NCOC(=O)c1cncc(-c2ncccc2F)n1. The average Bonchev–Trinajstić information content (AvgIpc) is 2.40. The molecular formula is C11H9FN4O2. The Morgan fingerprint density at radius 1 is 1.44 bits per heavy atom. The minimum absolute atomic E-state index is 0.0207. The molecule has 0 saturated heterocycles. The van der Waals surface area contributed by atoms with Gasteiger partial charge in [-0.1, -0.05) is 0 Å². The molecule has 0 aliphatic heterocycles. The lowest BCUT2D eigenvalue weighted by atomic mass is 10.2. The molecular weight excluding hydrogens is 239 g/mol. The highest BCUT2D eigenvalue weighted by Gasteiger charge is 2.13. The number of aromatic nitrogens is 3. The fraction of sp³-hybridized carbons (Fsp3) is 0.0909. The van der Waals surface area contributed by atoms with Crippen LogP contribution in [0.25, 0.3) is 11.4 Å². The van der Waals surface area contributed by atoms with Gasteiger partial charge in [0.1, 0.15) is 18.1 Å². The van der Waals surface area contributed by atoms with Gasteiger partial charge in [-0.25, -0.2) is 14.2 Å². The Morgan fingerprint density at radius 3 is 3.00 bits per heavy atom. The maximum atomic E-state index is 13.5. The van der Waals surface area contributed by atoms with Crippen LogP contribution in [0.2, 0.25) is 0 Å². The number of pyridine rings is 1. The van der Waals surface area contributed by atoms with Crippen LogP contribution in [0.1, 0.15) is 10.5 Å². The molecule has 0 aromatic carbocycles. The van der Waals surface area contributed by atoms with Gasteiger partial charge in [-0.2, -0.15) is 0 Å². The van der Waals surface area contributed by atoms with Gasteiger partial charge in [0.05, 0.1) is 12.4 Å². The van der Waals surface area contributed by atoms with Gasteiger partial charge in [-0.3, -0.25) is 15.7 Å². The van der Waals surface area contributed by atoms with Crippen LogP contribution in [0, 0.1) is 5.82 Å². The summed E-state index contributed by atoms with van der Waals surface area (Å²) in [6, 6.07) is 2.70. The van der Waals surface area contributed by atoms with Crippen molar-refractivity contribution in [2.24, 2.45) is 5.73 Å². The molecule has 6 nitrogen and oxygen atoms in total. The number of carbonyl (C=O) groups is 1. The number of rotatable bonds is 3. The van der Waals surface area contributed by atoms with Crippen molar-refractivity contribution < 1.29 is 13.9 Å². The number of ether oxygens (including phenoxy) is 1. The summed E-state index contributed by atoms with van der Waals surface area (Å²) in [5.74, 6) is -1.26. The van der Waals surface area contributed by atoms with Crippen molar-refractivity contribution in [3.63, 3.8) is 0 Å². The molecule has 0 atom stereocenters. The number of hydrogen-bond donors (Lipinski definition) is 1. The predicted octanol–water partition coefficient (Wildman–Crippen LogP) is 0.751. The molecule has 0 bridgehead atoms. The van der Waals surface area contributed by atoms with Crippen molar-refractivity contribution in [1.82, 2.24) is 15.0 Å². The van der Waals surface area contributed by atoms with Gasteiger partial charge in [-0.05, 0) is 12.1 Å². The number of carbonyl (C=O) groups excluding carboxylic acids is 1. The van der Waals surface area contributed by atoms with E-state index in [9.17, 15) is 9.18 Å². The molecule has 0 saturated carbocycles. The Bertz CT molecular complexity index is 576. The minimum Gasteiger partial charge on any atom is -0.445 e. The monoisotopic (exact) mass is 248 g/mol. The highest BCUT2D eigenvalue weighted by molar-refractivity contribution is 5.87. The molecule has 18 heavy (non-hydrogen) atoms. The third kappa shape index (κ3) is 2.46. The molecule has 0 unspecified atom stereocenters. The van der Waals surface area contributed by atoms with Gasteiger partial charge in [0, 0.05) is 6.20 Å². The molecule has 0 amide bonds. The van der Waals surface area contributed by atoms with E-state index in [0.29, 0.717) is 0 Å². The van der Waals surface area contributed by atoms with Crippen LogP contribution in [0.3, 0.4) is 0 Å². The van der Waals surface area contributed by atoms with Crippen LogP contribution in [0.5, 0.6) is 0 Å². The summed E-state index contributed by atoms with van der Waals surface area (Å²) in [7, 11) is 0. The van der Waals surface area contributed by atoms with Gasteiger partial charge in [0.15, 0.2) is 11.5 Å². The van der Waals surface area contributed by atoms with Crippen molar-refractivity contribution in [2.75, 3.05) is 6.73 Å². The summed E-state index contributed by atoms with van der Waals surface area (Å²) in [5.41, 5.74) is 5.20. The first-order chi connectivity index (χ1) is 8.72. The van der Waals surface area contributed by atoms with Crippen LogP contribution in [0.15, 0.2) is 30.7 Å². The number of hydrogen-bond acceptors (Lipinski definition) is 6. The van der Waals surface area contributed by atoms with Crippen LogP contribution in [-0.2, 0) is 4.74 Å². The van der Waals surface area contributed by atoms with Crippen LogP contribution >= 0.6 is 0 Å². The second kappa shape index (κ2) is 5.28. The van der Waals surface area contributed by atoms with E-state index in [4.69, 9.17) is 5.73 Å². The topological polar surface area (TPSA) is 91.0 Å². The molecule has 0 radical (unpaired) electrons. The Labute approximate surface area is 102 Å². The second-order valence-corrected chi connectivity index (χ2v) is 3.22. The van der Waals surface area contributed by atoms with Gasteiger partial charge >= 0.3 is 5.97 Å². The molecule has 2 N–H and O–H groups in total. The highest BCUT2D eigenvalue weighted by atomic mass is 19.1. The Balaban J connectivity index is 2.39. The quantitative estimate of drug-likeness (QED) is 0.636. The Hall–Kier alpha value is -2.41. The van der Waals surface area contributed by atoms with Crippen molar-refractivity contribution in [2.45, 2.75) is 0 Å². The van der Waals surface area contributed by atoms with E-state index >= 15 is 0 Å². The molecule has 2 aromatic rings. The molecule has 92 valence electrons. The van der Waals surface area contributed by atoms with Crippen molar-refractivity contribution >= 4 is 5.97 Å². The fourth-order valence-electron chi connectivity index (χ4n) is 1.30. The fourth-order valence-corrected chi connectivity index (χ4v) is 1.30. The molecule has 2 aromatic heterocycles. The van der Waals surface area contributed by atoms with Crippen molar-refractivity contribution in [3.05, 3.63) is 42.2 Å². The van der Waals surface area contributed by atoms with Gasteiger partial charge in [0.2, 0.25) is 0 Å². The molecule has 2 rings (SSSR count). The van der Waals surface area contributed by atoms with E-state index in [1.54, 1.807) is 0 Å². The van der Waals surface area contributed by atoms with Crippen LogP contribution < -0.4 is 5.73 Å². The number of halogens is 1. The lowest BCUT2D eigenvalue weighted by Crippen LogP contribution is -2.14. The largest absolute Gasteiger partial charge is 0.445 e. The first-order valence-corrected chi connectivity index (χ1v) is 5.02. The van der Waals surface area contributed by atoms with Crippen molar-refractivity contribution in [1.29, 1.82) is 0 Å². The third-order valence-electron chi connectivity index (χ3n) is 2.06. The first kappa shape index (κ1) is 12.1. The zero-order chi connectivity index (χ0) is 13.0. The molecule has 2 heterocycles. The summed E-state index contributed by atoms with van der Waals surface area (Å²) < 4.78 is 18.1.